The van der Waals surface area contributed by atoms with Crippen molar-refractivity contribution in [2.24, 2.45) is 0 Å². The fraction of sp³-hybridized carbons (Fsp3) is 0.409. The van der Waals surface area contributed by atoms with E-state index in [0.717, 1.165) is 41.2 Å². The summed E-state index contributed by atoms with van der Waals surface area (Å²) in [6.45, 7) is 8.07. The first-order valence-corrected chi connectivity index (χ1v) is 11.0. The zero-order valence-electron chi connectivity index (χ0n) is 17.4. The molecule has 30 heavy (non-hydrogen) atoms. The maximum absolute atomic E-state index is 13.5. The number of halogens is 1. The summed E-state index contributed by atoms with van der Waals surface area (Å²) in [5.41, 5.74) is 1.22. The second kappa shape index (κ2) is 8.28. The van der Waals surface area contributed by atoms with Gasteiger partial charge in [0.2, 0.25) is 5.91 Å². The Bertz CT molecular complexity index is 1150. The van der Waals surface area contributed by atoms with Gasteiger partial charge in [0.05, 0.1) is 11.9 Å². The van der Waals surface area contributed by atoms with E-state index < -0.39 is 6.04 Å². The summed E-state index contributed by atoms with van der Waals surface area (Å²) in [7, 11) is 0. The van der Waals surface area contributed by atoms with E-state index in [1.165, 1.54) is 40.2 Å². The van der Waals surface area contributed by atoms with Crippen molar-refractivity contribution in [2.45, 2.75) is 46.2 Å². The highest BCUT2D eigenvalue weighted by Gasteiger charge is 2.25. The van der Waals surface area contributed by atoms with Crippen LogP contribution in [0.4, 0.5) is 10.1 Å². The molecule has 2 aromatic heterocycles. The number of hydrogen-bond donors (Lipinski definition) is 1. The van der Waals surface area contributed by atoms with Crippen LogP contribution in [-0.4, -0.2) is 33.4 Å². The van der Waals surface area contributed by atoms with E-state index in [1.807, 2.05) is 13.8 Å². The molecule has 0 radical (unpaired) electrons. The van der Waals surface area contributed by atoms with Gasteiger partial charge >= 0.3 is 0 Å². The number of fused-ring (bicyclic) bond motifs is 1. The molecule has 1 atom stereocenters. The maximum Gasteiger partial charge on any atom is 0.263 e. The number of nitrogens with zero attached hydrogens (tertiary/aromatic N) is 3. The van der Waals surface area contributed by atoms with Crippen molar-refractivity contribution in [3.05, 3.63) is 56.7 Å². The Morgan fingerprint density at radius 3 is 2.57 bits per heavy atom. The lowest BCUT2D eigenvalue weighted by Gasteiger charge is -2.22. The molecule has 1 fully saturated rings. The first-order chi connectivity index (χ1) is 14.3. The lowest BCUT2D eigenvalue weighted by atomic mass is 10.2. The van der Waals surface area contributed by atoms with Gasteiger partial charge in [0, 0.05) is 10.6 Å². The Labute approximate surface area is 178 Å². The molecule has 6 nitrogen and oxygen atoms in total. The third kappa shape index (κ3) is 3.89. The van der Waals surface area contributed by atoms with Crippen molar-refractivity contribution in [2.75, 3.05) is 18.4 Å². The van der Waals surface area contributed by atoms with Crippen LogP contribution in [0.15, 0.2) is 29.1 Å². The van der Waals surface area contributed by atoms with Gasteiger partial charge in [0.25, 0.3) is 5.56 Å². The Morgan fingerprint density at radius 2 is 1.90 bits per heavy atom. The lowest BCUT2D eigenvalue weighted by molar-refractivity contribution is -0.119. The molecule has 1 amide bonds. The predicted octanol–water partition coefficient (Wildman–Crippen LogP) is 4.01. The van der Waals surface area contributed by atoms with Crippen molar-refractivity contribution < 1.29 is 9.18 Å². The third-order valence-corrected chi connectivity index (χ3v) is 6.85. The Balaban J connectivity index is 1.75. The molecule has 1 aromatic carbocycles. The number of anilines is 1. The average molecular weight is 429 g/mol. The zero-order chi connectivity index (χ0) is 21.4. The summed E-state index contributed by atoms with van der Waals surface area (Å²) in [4.78, 5) is 35.3. The fourth-order valence-corrected chi connectivity index (χ4v) is 4.94. The highest BCUT2D eigenvalue weighted by molar-refractivity contribution is 7.18. The topological polar surface area (TPSA) is 67.2 Å². The summed E-state index contributed by atoms with van der Waals surface area (Å²) in [6.07, 6.45) is 2.26. The quantitative estimate of drug-likeness (QED) is 0.667. The van der Waals surface area contributed by atoms with Gasteiger partial charge in [-0.25, -0.2) is 9.37 Å². The first kappa shape index (κ1) is 20.7. The Kier molecular flexibility index (Phi) is 5.71. The van der Waals surface area contributed by atoms with Gasteiger partial charge < -0.3 is 5.32 Å². The number of aromatic nitrogens is 2. The van der Waals surface area contributed by atoms with E-state index in [1.54, 1.807) is 6.92 Å². The second-order valence-electron chi connectivity index (χ2n) is 7.82. The molecule has 1 aliphatic rings. The van der Waals surface area contributed by atoms with Crippen molar-refractivity contribution in [1.29, 1.82) is 0 Å². The van der Waals surface area contributed by atoms with Crippen LogP contribution >= 0.6 is 11.3 Å². The molecule has 0 bridgehead atoms. The molecule has 1 unspecified atom stereocenters. The SMILES string of the molecule is Cc1sc2nc(CN3CCCC3)n(C(C)C(=O)Nc3ccc(F)cc3)c(=O)c2c1C. The minimum Gasteiger partial charge on any atom is -0.324 e. The van der Waals surface area contributed by atoms with Crippen molar-refractivity contribution in [1.82, 2.24) is 14.5 Å². The summed E-state index contributed by atoms with van der Waals surface area (Å²) in [6, 6.07) is 4.83. The Hall–Kier alpha value is -2.58. The predicted molar refractivity (Wildman–Crippen MR) is 118 cm³/mol. The number of carbonyl (C=O) groups excluding carboxylic acids is 1. The minimum atomic E-state index is -0.753. The van der Waals surface area contributed by atoms with Gasteiger partial charge in [0.1, 0.15) is 22.5 Å². The molecule has 4 rings (SSSR count). The molecule has 0 saturated carbocycles. The number of amides is 1. The number of likely N-dealkylation sites (tertiary alicyclic amines) is 1. The maximum atomic E-state index is 13.5. The highest BCUT2D eigenvalue weighted by Crippen LogP contribution is 2.28. The molecule has 3 aromatic rings. The van der Waals surface area contributed by atoms with Crippen LogP contribution < -0.4 is 10.9 Å². The number of benzene rings is 1. The van der Waals surface area contributed by atoms with Gasteiger partial charge in [-0.05, 0) is 76.5 Å². The summed E-state index contributed by atoms with van der Waals surface area (Å²) < 4.78 is 14.7. The van der Waals surface area contributed by atoms with Gasteiger partial charge in [-0.3, -0.25) is 19.1 Å². The molecule has 0 spiro atoms. The van der Waals surface area contributed by atoms with Gasteiger partial charge in [0.15, 0.2) is 0 Å². The minimum absolute atomic E-state index is 0.183. The summed E-state index contributed by atoms with van der Waals surface area (Å²) in [5.74, 6) is -0.0994. The number of aryl methyl sites for hydroxylation is 2. The second-order valence-corrected chi connectivity index (χ2v) is 9.03. The monoisotopic (exact) mass is 428 g/mol. The van der Waals surface area contributed by atoms with Crippen LogP contribution in [0.5, 0.6) is 0 Å². The van der Waals surface area contributed by atoms with E-state index in [4.69, 9.17) is 4.98 Å². The number of thiophene rings is 1. The molecular weight excluding hydrogens is 403 g/mol. The smallest absolute Gasteiger partial charge is 0.263 e. The number of carbonyl (C=O) groups is 1. The summed E-state index contributed by atoms with van der Waals surface area (Å²) >= 11 is 1.52. The average Bonchev–Trinajstić information content (AvgIpc) is 3.31. The van der Waals surface area contributed by atoms with E-state index >= 15 is 0 Å². The molecule has 158 valence electrons. The number of rotatable bonds is 5. The van der Waals surface area contributed by atoms with Crippen LogP contribution in [0.2, 0.25) is 0 Å². The summed E-state index contributed by atoms with van der Waals surface area (Å²) in [5, 5.41) is 3.37. The van der Waals surface area contributed by atoms with Gasteiger partial charge in [-0.15, -0.1) is 11.3 Å². The van der Waals surface area contributed by atoms with E-state index in [-0.39, 0.29) is 17.3 Å². The molecule has 8 heteroatoms. The van der Waals surface area contributed by atoms with Crippen molar-refractivity contribution in [3.8, 4) is 0 Å². The molecule has 1 saturated heterocycles. The highest BCUT2D eigenvalue weighted by atomic mass is 32.1. The van der Waals surface area contributed by atoms with Crippen molar-refractivity contribution >= 4 is 33.1 Å². The van der Waals surface area contributed by atoms with Crippen LogP contribution in [0.25, 0.3) is 10.2 Å². The molecule has 1 aliphatic heterocycles. The van der Waals surface area contributed by atoms with E-state index in [2.05, 4.69) is 10.2 Å². The van der Waals surface area contributed by atoms with Crippen LogP contribution in [0.1, 0.15) is 42.1 Å². The normalized spacial score (nSPS) is 15.6. The van der Waals surface area contributed by atoms with Gasteiger partial charge in [-0.2, -0.15) is 0 Å². The standard InChI is InChI=1S/C22H25FN4O2S/c1-13-15(3)30-21-19(13)22(29)27(18(25-21)12-26-10-4-5-11-26)14(2)20(28)24-17-8-6-16(23)7-9-17/h6-9,14H,4-5,10-12H2,1-3H3,(H,24,28). The number of hydrogen-bond acceptors (Lipinski definition) is 5. The van der Waals surface area contributed by atoms with Crippen molar-refractivity contribution in [3.63, 3.8) is 0 Å². The van der Waals surface area contributed by atoms with Gasteiger partial charge in [-0.1, -0.05) is 0 Å². The Morgan fingerprint density at radius 1 is 1.23 bits per heavy atom. The van der Waals surface area contributed by atoms with E-state index in [0.29, 0.717) is 23.4 Å². The zero-order valence-corrected chi connectivity index (χ0v) is 18.2. The lowest BCUT2D eigenvalue weighted by Crippen LogP contribution is -2.36. The molecular formula is C22H25FN4O2S. The molecule has 3 heterocycles. The largest absolute Gasteiger partial charge is 0.324 e. The van der Waals surface area contributed by atoms with Crippen LogP contribution in [0.3, 0.4) is 0 Å². The fourth-order valence-electron chi connectivity index (χ4n) is 3.90. The third-order valence-electron chi connectivity index (χ3n) is 5.75. The van der Waals surface area contributed by atoms with E-state index in [9.17, 15) is 14.0 Å². The molecule has 1 N–H and O–H groups in total. The number of nitrogens with one attached hydrogen (secondary N) is 1. The first-order valence-electron chi connectivity index (χ1n) is 10.1. The van der Waals surface area contributed by atoms with Crippen LogP contribution in [-0.2, 0) is 11.3 Å². The van der Waals surface area contributed by atoms with Crippen LogP contribution in [0, 0.1) is 19.7 Å². The molecule has 0 aliphatic carbocycles.